The predicted molar refractivity (Wildman–Crippen MR) is 64.0 cm³/mol. The molecule has 3 atom stereocenters. The fourth-order valence-electron chi connectivity index (χ4n) is 2.29. The van der Waals surface area contributed by atoms with Crippen LogP contribution in [0.15, 0.2) is 16.9 Å². The summed E-state index contributed by atoms with van der Waals surface area (Å²) < 4.78 is 42.6. The van der Waals surface area contributed by atoms with Crippen LogP contribution in [0, 0.1) is 5.92 Å². The topological polar surface area (TPSA) is 58.4 Å². The van der Waals surface area contributed by atoms with Gasteiger partial charge in [-0.3, -0.25) is 9.69 Å². The Morgan fingerprint density at radius 2 is 2.25 bits per heavy atom. The van der Waals surface area contributed by atoms with Crippen molar-refractivity contribution in [3.05, 3.63) is 18.0 Å². The van der Waals surface area contributed by atoms with Crippen LogP contribution in [0.2, 0.25) is 0 Å². The molecule has 0 bridgehead atoms. The third-order valence-corrected chi connectivity index (χ3v) is 3.65. The number of hydrogen-bond donors (Lipinski definition) is 1. The van der Waals surface area contributed by atoms with Crippen molar-refractivity contribution in [1.82, 2.24) is 15.4 Å². The summed E-state index contributed by atoms with van der Waals surface area (Å²) in [4.78, 5) is 13.1. The average Bonchev–Trinajstić information content (AvgIpc) is 2.97. The van der Waals surface area contributed by atoms with E-state index in [1.165, 1.54) is 17.2 Å². The second-order valence-electron chi connectivity index (χ2n) is 5.11. The number of carbonyl (C=O) groups excluding carboxylic acids is 1. The monoisotopic (exact) mass is 291 g/mol. The summed E-state index contributed by atoms with van der Waals surface area (Å²) in [5.74, 6) is -0.493. The first-order valence-corrected chi connectivity index (χ1v) is 6.31. The molecule has 1 unspecified atom stereocenters. The van der Waals surface area contributed by atoms with Crippen molar-refractivity contribution in [3.8, 4) is 0 Å². The highest BCUT2D eigenvalue weighted by Crippen LogP contribution is 2.29. The molecule has 1 saturated heterocycles. The van der Waals surface area contributed by atoms with Gasteiger partial charge in [-0.25, -0.2) is 0 Å². The fraction of sp³-hybridized carbons (Fsp3) is 0.667. The molecule has 1 amide bonds. The lowest BCUT2D eigenvalue weighted by atomic mass is 10.1. The van der Waals surface area contributed by atoms with E-state index in [2.05, 4.69) is 15.0 Å². The summed E-state index contributed by atoms with van der Waals surface area (Å²) in [5.41, 5.74) is 0.125. The number of rotatable bonds is 3. The zero-order valence-electron chi connectivity index (χ0n) is 11.1. The van der Waals surface area contributed by atoms with E-state index in [1.54, 1.807) is 0 Å². The van der Waals surface area contributed by atoms with Gasteiger partial charge in [-0.1, -0.05) is 12.1 Å². The van der Waals surface area contributed by atoms with E-state index in [4.69, 9.17) is 0 Å². The van der Waals surface area contributed by atoms with E-state index in [1.807, 2.05) is 6.92 Å². The highest BCUT2D eigenvalue weighted by Gasteiger charge is 2.44. The average molecular weight is 291 g/mol. The van der Waals surface area contributed by atoms with Crippen LogP contribution >= 0.6 is 0 Å². The summed E-state index contributed by atoms with van der Waals surface area (Å²) in [6.45, 7) is 3.42. The van der Waals surface area contributed by atoms with Gasteiger partial charge in [-0.05, 0) is 12.8 Å². The molecule has 5 nitrogen and oxygen atoms in total. The van der Waals surface area contributed by atoms with Gasteiger partial charge in [0.05, 0.1) is 0 Å². The van der Waals surface area contributed by atoms with Crippen molar-refractivity contribution in [1.29, 1.82) is 0 Å². The molecule has 1 N–H and O–H groups in total. The first-order valence-electron chi connectivity index (χ1n) is 6.31. The van der Waals surface area contributed by atoms with Crippen LogP contribution in [-0.2, 0) is 0 Å². The molecule has 8 heteroatoms. The smallest absolute Gasteiger partial charge is 0.364 e. The zero-order valence-corrected chi connectivity index (χ0v) is 11.1. The van der Waals surface area contributed by atoms with E-state index in [9.17, 15) is 18.0 Å². The number of hydrogen-bond acceptors (Lipinski definition) is 4. The molecular weight excluding hydrogens is 275 g/mol. The lowest BCUT2D eigenvalue weighted by Gasteiger charge is -2.26. The molecule has 0 saturated carbocycles. The lowest BCUT2D eigenvalue weighted by Crippen LogP contribution is -2.44. The van der Waals surface area contributed by atoms with Crippen molar-refractivity contribution in [3.63, 3.8) is 0 Å². The molecule has 0 aliphatic carbocycles. The number of nitrogens with zero attached hydrogens (tertiary/aromatic N) is 2. The minimum absolute atomic E-state index is 0.0596. The van der Waals surface area contributed by atoms with Crippen molar-refractivity contribution in [2.75, 3.05) is 13.1 Å². The van der Waals surface area contributed by atoms with Crippen LogP contribution < -0.4 is 5.32 Å². The van der Waals surface area contributed by atoms with E-state index < -0.39 is 18.1 Å². The molecular formula is C12H16F3N3O2. The normalized spacial score (nSPS) is 25.6. The Kier molecular flexibility index (Phi) is 4.03. The summed E-state index contributed by atoms with van der Waals surface area (Å²) in [5, 5.41) is 6.19. The molecule has 20 heavy (non-hydrogen) atoms. The highest BCUT2D eigenvalue weighted by molar-refractivity contribution is 5.92. The Balaban J connectivity index is 1.96. The second-order valence-corrected chi connectivity index (χ2v) is 5.11. The summed E-state index contributed by atoms with van der Waals surface area (Å²) in [6, 6.07) is -0.437. The molecule has 1 aliphatic heterocycles. The van der Waals surface area contributed by atoms with Gasteiger partial charge in [0.25, 0.3) is 5.91 Å². The minimum Gasteiger partial charge on any atom is -0.364 e. The quantitative estimate of drug-likeness (QED) is 0.920. The molecule has 0 spiro atoms. The number of amides is 1. The van der Waals surface area contributed by atoms with Crippen molar-refractivity contribution >= 4 is 5.91 Å². The van der Waals surface area contributed by atoms with Crippen LogP contribution in [0.5, 0.6) is 0 Å². The first kappa shape index (κ1) is 14.8. The zero-order chi connectivity index (χ0) is 14.9. The minimum atomic E-state index is -4.26. The summed E-state index contributed by atoms with van der Waals surface area (Å²) in [6.07, 6.45) is -2.99. The third-order valence-electron chi connectivity index (χ3n) is 3.65. The van der Waals surface area contributed by atoms with Gasteiger partial charge in [-0.15, -0.1) is 0 Å². The molecule has 1 aromatic heterocycles. The molecule has 1 aromatic rings. The number of nitrogens with one attached hydrogen (secondary N) is 1. The Labute approximate surface area is 114 Å². The van der Waals surface area contributed by atoms with E-state index >= 15 is 0 Å². The van der Waals surface area contributed by atoms with Gasteiger partial charge in [0.1, 0.15) is 12.3 Å². The molecule has 0 aromatic carbocycles. The van der Waals surface area contributed by atoms with Crippen molar-refractivity contribution < 1.29 is 22.5 Å². The summed E-state index contributed by atoms with van der Waals surface area (Å²) in [7, 11) is 0. The third kappa shape index (κ3) is 3.12. The molecule has 112 valence electrons. The van der Waals surface area contributed by atoms with Crippen molar-refractivity contribution in [2.24, 2.45) is 5.92 Å². The number of alkyl halides is 3. The number of likely N-dealkylation sites (tertiary alicyclic amines) is 1. The largest absolute Gasteiger partial charge is 0.403 e. The van der Waals surface area contributed by atoms with Crippen molar-refractivity contribution in [2.45, 2.75) is 32.1 Å². The Morgan fingerprint density at radius 1 is 1.55 bits per heavy atom. The fourth-order valence-corrected chi connectivity index (χ4v) is 2.29. The van der Waals surface area contributed by atoms with Crippen LogP contribution in [0.1, 0.15) is 24.3 Å². The van der Waals surface area contributed by atoms with Gasteiger partial charge in [0.15, 0.2) is 5.69 Å². The highest BCUT2D eigenvalue weighted by atomic mass is 19.4. The van der Waals surface area contributed by atoms with Gasteiger partial charge in [0, 0.05) is 25.2 Å². The van der Waals surface area contributed by atoms with Crippen LogP contribution in [-0.4, -0.2) is 47.3 Å². The maximum Gasteiger partial charge on any atom is 0.403 e. The van der Waals surface area contributed by atoms with Gasteiger partial charge in [-0.2, -0.15) is 13.2 Å². The molecule has 1 aliphatic rings. The number of carbonyl (C=O) groups is 1. The summed E-state index contributed by atoms with van der Waals surface area (Å²) >= 11 is 0. The molecule has 2 rings (SSSR count). The van der Waals surface area contributed by atoms with Gasteiger partial charge in [0.2, 0.25) is 0 Å². The molecule has 0 radical (unpaired) electrons. The molecule has 2 heterocycles. The number of halogens is 3. The van der Waals surface area contributed by atoms with E-state index in [-0.39, 0.29) is 24.2 Å². The maximum absolute atomic E-state index is 12.7. The van der Waals surface area contributed by atoms with Crippen LogP contribution in [0.25, 0.3) is 0 Å². The van der Waals surface area contributed by atoms with E-state index in [0.29, 0.717) is 6.54 Å². The maximum atomic E-state index is 12.7. The standard InChI is InChI=1S/C12H16F3N3O2/c1-7-5-18(8(2)12(13,14)15)6-10(7)16-11(19)9-3-4-20-17-9/h3-4,7-8,10H,5-6H2,1-2H3,(H,16,19)/t7-,8?,10-/m1/s1. The van der Waals surface area contributed by atoms with Gasteiger partial charge < -0.3 is 9.84 Å². The first-order chi connectivity index (χ1) is 9.29. The second kappa shape index (κ2) is 5.43. The van der Waals surface area contributed by atoms with Gasteiger partial charge >= 0.3 is 6.18 Å². The Morgan fingerprint density at radius 3 is 2.80 bits per heavy atom. The van der Waals surface area contributed by atoms with Crippen LogP contribution in [0.4, 0.5) is 13.2 Å². The molecule has 1 fully saturated rings. The van der Waals surface area contributed by atoms with E-state index in [0.717, 1.165) is 6.92 Å². The van der Waals surface area contributed by atoms with Crippen LogP contribution in [0.3, 0.4) is 0 Å². The number of aromatic nitrogens is 1. The predicted octanol–water partition coefficient (Wildman–Crippen LogP) is 1.68. The Bertz CT molecular complexity index is 461. The SMILES string of the molecule is CC(N1C[C@@H](C)[C@H](NC(=O)c2ccon2)C1)C(F)(F)F. The lowest BCUT2D eigenvalue weighted by molar-refractivity contribution is -0.176. The Hall–Kier alpha value is -1.57.